The first kappa shape index (κ1) is 16.8. The second-order valence-electron chi connectivity index (χ2n) is 6.02. The van der Waals surface area contributed by atoms with Crippen LogP contribution in [0.5, 0.6) is 0 Å². The van der Waals surface area contributed by atoms with Gasteiger partial charge in [-0.15, -0.1) is 0 Å². The molecule has 0 atom stereocenters. The van der Waals surface area contributed by atoms with E-state index in [4.69, 9.17) is 0 Å². The van der Waals surface area contributed by atoms with Crippen LogP contribution in [0.4, 0.5) is 13.2 Å². The molecule has 1 amide bonds. The first-order chi connectivity index (χ1) is 10.4. The molecule has 0 heterocycles. The number of carbonyl (C=O) groups excluding carboxylic acids is 1. The van der Waals surface area contributed by atoms with Crippen LogP contribution in [0.3, 0.4) is 0 Å². The molecule has 0 unspecified atom stereocenters. The van der Waals surface area contributed by atoms with Crippen molar-refractivity contribution in [1.29, 1.82) is 0 Å². The van der Waals surface area contributed by atoms with E-state index in [1.165, 1.54) is 25.0 Å². The first-order valence-corrected chi connectivity index (χ1v) is 7.80. The van der Waals surface area contributed by atoms with E-state index in [9.17, 15) is 18.0 Å². The van der Waals surface area contributed by atoms with Gasteiger partial charge in [-0.05, 0) is 30.5 Å². The zero-order valence-corrected chi connectivity index (χ0v) is 12.8. The van der Waals surface area contributed by atoms with Gasteiger partial charge < -0.3 is 4.90 Å². The topological polar surface area (TPSA) is 20.3 Å². The Morgan fingerprint density at radius 3 is 2.14 bits per heavy atom. The lowest BCUT2D eigenvalue weighted by Crippen LogP contribution is -2.37. The van der Waals surface area contributed by atoms with Gasteiger partial charge in [0.15, 0.2) is 0 Å². The monoisotopic (exact) mass is 313 g/mol. The molecule has 2 rings (SSSR count). The van der Waals surface area contributed by atoms with Gasteiger partial charge in [-0.25, -0.2) is 0 Å². The third kappa shape index (κ3) is 4.49. The van der Waals surface area contributed by atoms with Gasteiger partial charge in [-0.3, -0.25) is 4.79 Å². The van der Waals surface area contributed by atoms with E-state index in [1.54, 1.807) is 4.90 Å². The van der Waals surface area contributed by atoms with Gasteiger partial charge in [0.05, 0.1) is 12.0 Å². The highest BCUT2D eigenvalue weighted by atomic mass is 19.4. The van der Waals surface area contributed by atoms with Crippen LogP contribution < -0.4 is 0 Å². The molecule has 1 aliphatic carbocycles. The highest BCUT2D eigenvalue weighted by molar-refractivity contribution is 5.78. The number of nitrogens with zero attached hydrogens (tertiary/aromatic N) is 1. The van der Waals surface area contributed by atoms with E-state index in [0.29, 0.717) is 5.56 Å². The quantitative estimate of drug-likeness (QED) is 0.756. The molecule has 0 bridgehead atoms. The molecule has 0 radical (unpaired) electrons. The lowest BCUT2D eigenvalue weighted by Gasteiger charge is -2.27. The Bertz CT molecular complexity index is 488. The number of hydrogen-bond acceptors (Lipinski definition) is 1. The van der Waals surface area contributed by atoms with Crippen LogP contribution in [0.2, 0.25) is 0 Å². The number of rotatable bonds is 3. The van der Waals surface area contributed by atoms with Crippen molar-refractivity contribution in [2.24, 2.45) is 0 Å². The number of amides is 1. The molecule has 1 aromatic carbocycles. The summed E-state index contributed by atoms with van der Waals surface area (Å²) in [7, 11) is 1.81. The van der Waals surface area contributed by atoms with Gasteiger partial charge in [0, 0.05) is 13.1 Å². The Morgan fingerprint density at radius 1 is 1.09 bits per heavy atom. The Kier molecular flexibility index (Phi) is 5.48. The zero-order valence-electron chi connectivity index (χ0n) is 12.8. The molecule has 5 heteroatoms. The average Bonchev–Trinajstić information content (AvgIpc) is 2.75. The summed E-state index contributed by atoms with van der Waals surface area (Å²) < 4.78 is 37.5. The van der Waals surface area contributed by atoms with Gasteiger partial charge in [0.25, 0.3) is 0 Å². The van der Waals surface area contributed by atoms with E-state index in [2.05, 4.69) is 0 Å². The van der Waals surface area contributed by atoms with Crippen LogP contribution in [0.1, 0.15) is 49.7 Å². The lowest BCUT2D eigenvalue weighted by molar-refractivity contribution is -0.137. The van der Waals surface area contributed by atoms with Crippen LogP contribution in [-0.2, 0) is 17.4 Å². The average molecular weight is 313 g/mol. The van der Waals surface area contributed by atoms with Crippen molar-refractivity contribution in [2.75, 3.05) is 7.05 Å². The Balaban J connectivity index is 1.95. The molecule has 1 aliphatic rings. The molecule has 1 fully saturated rings. The molecule has 0 aromatic heterocycles. The number of benzene rings is 1. The molecule has 0 saturated heterocycles. The minimum absolute atomic E-state index is 0.0216. The Labute approximate surface area is 129 Å². The third-order valence-electron chi connectivity index (χ3n) is 4.40. The zero-order chi connectivity index (χ0) is 16.2. The molecule has 1 aromatic rings. The molecule has 1 saturated carbocycles. The minimum Gasteiger partial charge on any atom is -0.342 e. The van der Waals surface area contributed by atoms with Crippen LogP contribution in [0, 0.1) is 0 Å². The summed E-state index contributed by atoms with van der Waals surface area (Å²) in [6.07, 6.45) is 2.59. The summed E-state index contributed by atoms with van der Waals surface area (Å²) in [4.78, 5) is 14.1. The lowest BCUT2D eigenvalue weighted by atomic mass is 10.0. The maximum absolute atomic E-state index is 12.5. The summed E-state index contributed by atoms with van der Waals surface area (Å²) in [6.45, 7) is 0. The van der Waals surface area contributed by atoms with Crippen LogP contribution in [-0.4, -0.2) is 23.9 Å². The van der Waals surface area contributed by atoms with Gasteiger partial charge in [0.2, 0.25) is 5.91 Å². The highest BCUT2D eigenvalue weighted by Gasteiger charge is 2.30. The minimum atomic E-state index is -4.33. The normalized spacial score (nSPS) is 17.1. The number of hydrogen-bond donors (Lipinski definition) is 0. The molecular weight excluding hydrogens is 291 g/mol. The summed E-state index contributed by atoms with van der Waals surface area (Å²) in [6, 6.07) is 5.12. The van der Waals surface area contributed by atoms with E-state index in [0.717, 1.165) is 37.8 Å². The fraction of sp³-hybridized carbons (Fsp3) is 0.588. The van der Waals surface area contributed by atoms with Crippen LogP contribution >= 0.6 is 0 Å². The molecule has 0 N–H and O–H groups in total. The maximum Gasteiger partial charge on any atom is 0.416 e. The van der Waals surface area contributed by atoms with Crippen molar-refractivity contribution in [2.45, 2.75) is 57.2 Å². The number of alkyl halides is 3. The summed E-state index contributed by atoms with van der Waals surface area (Å²) in [5, 5.41) is 0. The van der Waals surface area contributed by atoms with Crippen molar-refractivity contribution in [3.63, 3.8) is 0 Å². The smallest absolute Gasteiger partial charge is 0.342 e. The fourth-order valence-electron chi connectivity index (χ4n) is 2.96. The second-order valence-corrected chi connectivity index (χ2v) is 6.02. The largest absolute Gasteiger partial charge is 0.416 e. The number of carbonyl (C=O) groups is 1. The van der Waals surface area contributed by atoms with Gasteiger partial charge in [-0.1, -0.05) is 37.8 Å². The second kappa shape index (κ2) is 7.16. The predicted octanol–water partition coefficient (Wildman–Crippen LogP) is 4.43. The standard InChI is InChI=1S/C17H22F3NO/c1-21(15-6-4-2-3-5-7-15)16(22)12-13-8-10-14(11-9-13)17(18,19)20/h8-11,15H,2-7,12H2,1H3. The van der Waals surface area contributed by atoms with E-state index < -0.39 is 11.7 Å². The molecule has 2 nitrogen and oxygen atoms in total. The maximum atomic E-state index is 12.5. The summed E-state index contributed by atoms with van der Waals surface area (Å²) >= 11 is 0. The molecule has 122 valence electrons. The van der Waals surface area contributed by atoms with Gasteiger partial charge in [0.1, 0.15) is 0 Å². The van der Waals surface area contributed by atoms with Crippen molar-refractivity contribution in [3.8, 4) is 0 Å². The predicted molar refractivity (Wildman–Crippen MR) is 79.4 cm³/mol. The summed E-state index contributed by atoms with van der Waals surface area (Å²) in [5.74, 6) is -0.0216. The van der Waals surface area contributed by atoms with Crippen molar-refractivity contribution < 1.29 is 18.0 Å². The van der Waals surface area contributed by atoms with Crippen LogP contribution in [0.25, 0.3) is 0 Å². The van der Waals surface area contributed by atoms with Crippen molar-refractivity contribution in [1.82, 2.24) is 4.90 Å². The van der Waals surface area contributed by atoms with Crippen LogP contribution in [0.15, 0.2) is 24.3 Å². The molecule has 0 aliphatic heterocycles. The van der Waals surface area contributed by atoms with Crippen molar-refractivity contribution in [3.05, 3.63) is 35.4 Å². The molecular formula is C17H22F3NO. The number of likely N-dealkylation sites (N-methyl/N-ethyl adjacent to an activating group) is 1. The fourth-order valence-corrected chi connectivity index (χ4v) is 2.96. The molecule has 22 heavy (non-hydrogen) atoms. The van der Waals surface area contributed by atoms with Gasteiger partial charge >= 0.3 is 6.18 Å². The highest BCUT2D eigenvalue weighted by Crippen LogP contribution is 2.29. The SMILES string of the molecule is CN(C(=O)Cc1ccc(C(F)(F)F)cc1)C1CCCCCC1. The molecule has 0 spiro atoms. The summed E-state index contributed by atoms with van der Waals surface area (Å²) in [5.41, 5.74) is -0.0562. The first-order valence-electron chi connectivity index (χ1n) is 7.80. The van der Waals surface area contributed by atoms with E-state index >= 15 is 0 Å². The van der Waals surface area contributed by atoms with Gasteiger partial charge in [-0.2, -0.15) is 13.2 Å². The van der Waals surface area contributed by atoms with Crippen molar-refractivity contribution >= 4 is 5.91 Å². The Hall–Kier alpha value is -1.52. The Morgan fingerprint density at radius 2 is 1.64 bits per heavy atom. The van der Waals surface area contributed by atoms with E-state index in [1.807, 2.05) is 7.05 Å². The third-order valence-corrected chi connectivity index (χ3v) is 4.40. The van der Waals surface area contributed by atoms with E-state index in [-0.39, 0.29) is 18.4 Å². The number of halogens is 3.